The van der Waals surface area contributed by atoms with Crippen molar-refractivity contribution in [2.45, 2.75) is 19.9 Å². The molecule has 0 saturated heterocycles. The minimum Gasteiger partial charge on any atom is -0.394 e. The van der Waals surface area contributed by atoms with Crippen molar-refractivity contribution in [2.75, 3.05) is 6.61 Å². The molecule has 3 nitrogen and oxygen atoms in total. The van der Waals surface area contributed by atoms with Crippen molar-refractivity contribution in [1.82, 2.24) is 5.32 Å². The Balaban J connectivity index is 3.05. The Morgan fingerprint density at radius 1 is 1.40 bits per heavy atom. The molecule has 1 rings (SSSR count). The highest BCUT2D eigenvalue weighted by atomic mass is 16.3. The number of hydrogen-bond donors (Lipinski definition) is 2. The van der Waals surface area contributed by atoms with E-state index in [4.69, 9.17) is 0 Å². The molecular formula is C17H21NO2. The predicted molar refractivity (Wildman–Crippen MR) is 83.1 cm³/mol. The van der Waals surface area contributed by atoms with Crippen molar-refractivity contribution in [3.05, 3.63) is 65.8 Å². The molecule has 1 atom stereocenters. The highest BCUT2D eigenvalue weighted by molar-refractivity contribution is 5.79. The lowest BCUT2D eigenvalue weighted by Gasteiger charge is -2.14. The second-order valence-electron chi connectivity index (χ2n) is 4.53. The molecule has 0 aliphatic rings. The average Bonchev–Trinajstić information content (AvgIpc) is 2.45. The molecular weight excluding hydrogens is 250 g/mol. The van der Waals surface area contributed by atoms with Gasteiger partial charge in [0.25, 0.3) is 0 Å². The van der Waals surface area contributed by atoms with Crippen molar-refractivity contribution in [3.8, 4) is 0 Å². The Hall–Kier alpha value is -2.13. The number of hydrogen-bond acceptors (Lipinski definition) is 2. The highest BCUT2D eigenvalue weighted by Crippen LogP contribution is 2.23. The second-order valence-corrected chi connectivity index (χ2v) is 4.53. The number of carbonyl (C=O) groups is 1. The fourth-order valence-corrected chi connectivity index (χ4v) is 1.91. The molecule has 0 bridgehead atoms. The van der Waals surface area contributed by atoms with Gasteiger partial charge in [-0.2, -0.15) is 0 Å². The molecule has 1 aromatic rings. The Morgan fingerprint density at radius 3 is 2.50 bits per heavy atom. The van der Waals surface area contributed by atoms with Gasteiger partial charge in [0.05, 0.1) is 12.6 Å². The van der Waals surface area contributed by atoms with E-state index in [9.17, 15) is 9.90 Å². The van der Waals surface area contributed by atoms with Crippen molar-refractivity contribution >= 4 is 12.0 Å². The summed E-state index contributed by atoms with van der Waals surface area (Å²) < 4.78 is 0. The number of benzene rings is 1. The highest BCUT2D eigenvalue weighted by Gasteiger charge is 2.09. The number of carbonyl (C=O) groups excluding carboxylic acids is 1. The van der Waals surface area contributed by atoms with Crippen LogP contribution in [0.15, 0.2) is 54.6 Å². The van der Waals surface area contributed by atoms with Crippen LogP contribution in [0.25, 0.3) is 5.57 Å². The van der Waals surface area contributed by atoms with Crippen LogP contribution in [0, 0.1) is 0 Å². The van der Waals surface area contributed by atoms with E-state index in [0.717, 1.165) is 22.3 Å². The van der Waals surface area contributed by atoms with E-state index >= 15 is 0 Å². The summed E-state index contributed by atoms with van der Waals surface area (Å²) in [4.78, 5) is 10.5. The molecule has 20 heavy (non-hydrogen) atoms. The standard InChI is InChI=1S/C17H21NO2/c1-4-5-6-16(13(2)3)14-7-9-15(10-8-14)17(11-19)18-12-20/h4-10,12,17,19H,2,11H2,1,3H3,(H,18,20)/b5-4-,16-6+/t17-/m0/s1. The third-order valence-electron chi connectivity index (χ3n) is 2.99. The monoisotopic (exact) mass is 271 g/mol. The molecule has 0 aromatic heterocycles. The van der Waals surface area contributed by atoms with E-state index in [-0.39, 0.29) is 12.6 Å². The number of aliphatic hydroxyl groups is 1. The first-order chi connectivity index (χ1) is 9.63. The maximum absolute atomic E-state index is 10.5. The van der Waals surface area contributed by atoms with Crippen LogP contribution in [0.5, 0.6) is 0 Å². The fourth-order valence-electron chi connectivity index (χ4n) is 1.91. The average molecular weight is 271 g/mol. The van der Waals surface area contributed by atoms with Crippen molar-refractivity contribution in [2.24, 2.45) is 0 Å². The van der Waals surface area contributed by atoms with Crippen LogP contribution in [0.1, 0.15) is 31.0 Å². The lowest BCUT2D eigenvalue weighted by Crippen LogP contribution is -2.22. The normalized spacial score (nSPS) is 13.2. The summed E-state index contributed by atoms with van der Waals surface area (Å²) in [5.41, 5.74) is 3.98. The van der Waals surface area contributed by atoms with Crippen LogP contribution < -0.4 is 5.32 Å². The van der Waals surface area contributed by atoms with Crippen LogP contribution in [0.2, 0.25) is 0 Å². The molecule has 2 N–H and O–H groups in total. The quantitative estimate of drug-likeness (QED) is 0.591. The SMILES string of the molecule is C=C(C)/C(=C\C=C/C)c1ccc([C@H](CO)NC=O)cc1. The van der Waals surface area contributed by atoms with Crippen LogP contribution in [-0.2, 0) is 4.79 Å². The minimum atomic E-state index is -0.366. The van der Waals surface area contributed by atoms with Gasteiger partial charge in [-0.3, -0.25) is 4.79 Å². The maximum atomic E-state index is 10.5. The second kappa shape index (κ2) is 8.12. The van der Waals surface area contributed by atoms with E-state index in [1.165, 1.54) is 0 Å². The molecule has 106 valence electrons. The number of amides is 1. The zero-order valence-electron chi connectivity index (χ0n) is 12.0. The predicted octanol–water partition coefficient (Wildman–Crippen LogP) is 3.00. The molecule has 3 heteroatoms. The molecule has 0 aliphatic carbocycles. The van der Waals surface area contributed by atoms with Crippen molar-refractivity contribution in [1.29, 1.82) is 0 Å². The Morgan fingerprint density at radius 2 is 2.05 bits per heavy atom. The van der Waals surface area contributed by atoms with Gasteiger partial charge in [-0.1, -0.05) is 54.6 Å². The molecule has 0 radical (unpaired) electrons. The third-order valence-corrected chi connectivity index (χ3v) is 2.99. The molecule has 0 heterocycles. The first-order valence-electron chi connectivity index (χ1n) is 6.53. The summed E-state index contributed by atoms with van der Waals surface area (Å²) in [5, 5.41) is 11.8. The molecule has 1 amide bonds. The summed E-state index contributed by atoms with van der Waals surface area (Å²) in [6.45, 7) is 7.79. The third kappa shape index (κ3) is 4.21. The Labute approximate surface area is 120 Å². The summed E-state index contributed by atoms with van der Waals surface area (Å²) in [7, 11) is 0. The van der Waals surface area contributed by atoms with Gasteiger partial charge in [0.2, 0.25) is 6.41 Å². The summed E-state index contributed by atoms with van der Waals surface area (Å²) in [6, 6.07) is 7.37. The minimum absolute atomic E-state index is 0.125. The largest absolute Gasteiger partial charge is 0.394 e. The molecule has 0 aliphatic heterocycles. The van der Waals surface area contributed by atoms with Gasteiger partial charge in [0.1, 0.15) is 0 Å². The number of allylic oxidation sites excluding steroid dienone is 5. The van der Waals surface area contributed by atoms with Crippen molar-refractivity contribution < 1.29 is 9.90 Å². The van der Waals surface area contributed by atoms with Gasteiger partial charge >= 0.3 is 0 Å². The fraction of sp³-hybridized carbons (Fsp3) is 0.235. The van der Waals surface area contributed by atoms with Gasteiger partial charge in [0, 0.05) is 0 Å². The van der Waals surface area contributed by atoms with Crippen LogP contribution in [0.4, 0.5) is 0 Å². The number of aliphatic hydroxyl groups excluding tert-OH is 1. The Bertz CT molecular complexity index is 512. The summed E-state index contributed by atoms with van der Waals surface area (Å²) in [5.74, 6) is 0. The van der Waals surface area contributed by atoms with E-state index < -0.39 is 0 Å². The molecule has 0 fully saturated rings. The maximum Gasteiger partial charge on any atom is 0.207 e. The lowest BCUT2D eigenvalue weighted by molar-refractivity contribution is -0.110. The first-order valence-corrected chi connectivity index (χ1v) is 6.53. The van der Waals surface area contributed by atoms with Crippen LogP contribution in [0.3, 0.4) is 0 Å². The van der Waals surface area contributed by atoms with Gasteiger partial charge in [-0.05, 0) is 30.5 Å². The van der Waals surface area contributed by atoms with Crippen LogP contribution >= 0.6 is 0 Å². The zero-order chi connectivity index (χ0) is 15.0. The molecule has 0 unspecified atom stereocenters. The molecule has 0 saturated carbocycles. The van der Waals surface area contributed by atoms with Gasteiger partial charge in [0.15, 0.2) is 0 Å². The van der Waals surface area contributed by atoms with Crippen LogP contribution in [-0.4, -0.2) is 18.1 Å². The molecule has 1 aromatic carbocycles. The van der Waals surface area contributed by atoms with E-state index in [1.54, 1.807) is 0 Å². The molecule has 0 spiro atoms. The van der Waals surface area contributed by atoms with E-state index in [2.05, 4.69) is 11.9 Å². The van der Waals surface area contributed by atoms with Gasteiger partial charge in [-0.15, -0.1) is 0 Å². The Kier molecular flexibility index (Phi) is 6.47. The lowest BCUT2D eigenvalue weighted by atomic mass is 9.97. The first kappa shape index (κ1) is 15.9. The number of rotatable bonds is 7. The summed E-state index contributed by atoms with van der Waals surface area (Å²) in [6.07, 6.45) is 6.56. The topological polar surface area (TPSA) is 49.3 Å². The zero-order valence-corrected chi connectivity index (χ0v) is 12.0. The summed E-state index contributed by atoms with van der Waals surface area (Å²) >= 11 is 0. The van der Waals surface area contributed by atoms with Gasteiger partial charge < -0.3 is 10.4 Å². The van der Waals surface area contributed by atoms with Gasteiger partial charge in [-0.25, -0.2) is 0 Å². The van der Waals surface area contributed by atoms with E-state index in [1.807, 2.05) is 56.3 Å². The van der Waals surface area contributed by atoms with E-state index in [0.29, 0.717) is 6.41 Å². The van der Waals surface area contributed by atoms with Crippen molar-refractivity contribution in [3.63, 3.8) is 0 Å². The smallest absolute Gasteiger partial charge is 0.207 e. The number of nitrogens with one attached hydrogen (secondary N) is 1.